The monoisotopic (exact) mass is 158 g/mol. The zero-order valence-corrected chi connectivity index (χ0v) is 8.49. The predicted octanol–water partition coefficient (Wildman–Crippen LogP) is 1.50. The first-order chi connectivity index (χ1) is 4.81. The van der Waals surface area contributed by atoms with E-state index < -0.39 is 0 Å². The Morgan fingerprint density at radius 2 is 1.64 bits per heavy atom. The summed E-state index contributed by atoms with van der Waals surface area (Å²) in [7, 11) is 0. The molecule has 0 aliphatic heterocycles. The Hall–Kier alpha value is -0.0800. The molecule has 0 aliphatic carbocycles. The molecule has 0 amide bonds. The lowest BCUT2D eigenvalue weighted by molar-refractivity contribution is 0.243. The summed E-state index contributed by atoms with van der Waals surface area (Å²) in [5, 5.41) is 3.42. The van der Waals surface area contributed by atoms with E-state index in [1.54, 1.807) is 0 Å². The van der Waals surface area contributed by atoms with Crippen LogP contribution < -0.4 is 11.1 Å². The number of rotatable bonds is 4. The Balaban J connectivity index is 4.00. The van der Waals surface area contributed by atoms with Gasteiger partial charge in [-0.05, 0) is 40.7 Å². The van der Waals surface area contributed by atoms with Crippen molar-refractivity contribution in [2.45, 2.75) is 52.1 Å². The van der Waals surface area contributed by atoms with Gasteiger partial charge < -0.3 is 11.1 Å². The van der Waals surface area contributed by atoms with Gasteiger partial charge in [0.05, 0.1) is 0 Å². The normalized spacial score (nSPS) is 13.6. The number of hydrogen-bond donors (Lipinski definition) is 2. The van der Waals surface area contributed by atoms with Crippen molar-refractivity contribution in [2.24, 2.45) is 5.73 Å². The summed E-state index contributed by atoms with van der Waals surface area (Å²) in [4.78, 5) is 0. The molecule has 0 saturated heterocycles. The van der Waals surface area contributed by atoms with E-state index in [2.05, 4.69) is 39.9 Å². The Morgan fingerprint density at radius 1 is 1.18 bits per heavy atom. The molecule has 0 rings (SSSR count). The van der Waals surface area contributed by atoms with Crippen LogP contribution in [0.1, 0.15) is 41.0 Å². The highest BCUT2D eigenvalue weighted by atomic mass is 15.0. The first-order valence-electron chi connectivity index (χ1n) is 4.35. The van der Waals surface area contributed by atoms with Crippen LogP contribution in [0.25, 0.3) is 0 Å². The first-order valence-corrected chi connectivity index (χ1v) is 4.35. The highest BCUT2D eigenvalue weighted by Gasteiger charge is 2.32. The zero-order valence-electron chi connectivity index (χ0n) is 8.49. The van der Waals surface area contributed by atoms with Crippen LogP contribution in [0.2, 0.25) is 0 Å². The molecule has 0 saturated carbocycles. The standard InChI is InChI=1S/C9H22N2/c1-6-7-11-9(4,5)8(2,3)10/h11H,6-7,10H2,1-5H3. The fourth-order valence-electron chi connectivity index (χ4n) is 0.665. The molecule has 3 N–H and O–H groups in total. The van der Waals surface area contributed by atoms with Crippen LogP contribution >= 0.6 is 0 Å². The molecule has 0 aromatic rings. The smallest absolute Gasteiger partial charge is 0.0299 e. The summed E-state index contributed by atoms with van der Waals surface area (Å²) >= 11 is 0. The molecule has 0 atom stereocenters. The summed E-state index contributed by atoms with van der Waals surface area (Å²) in [6, 6.07) is 0. The van der Waals surface area contributed by atoms with Crippen molar-refractivity contribution in [1.29, 1.82) is 0 Å². The third kappa shape index (κ3) is 3.21. The molecule has 0 bridgehead atoms. The van der Waals surface area contributed by atoms with Gasteiger partial charge in [0.1, 0.15) is 0 Å². The molecule has 0 unspecified atom stereocenters. The predicted molar refractivity (Wildman–Crippen MR) is 50.6 cm³/mol. The molecule has 0 heterocycles. The minimum Gasteiger partial charge on any atom is -0.324 e. The fraction of sp³-hybridized carbons (Fsp3) is 1.00. The molecular weight excluding hydrogens is 136 g/mol. The lowest BCUT2D eigenvalue weighted by atomic mass is 9.83. The number of nitrogens with two attached hydrogens (primary N) is 1. The van der Waals surface area contributed by atoms with Crippen molar-refractivity contribution >= 4 is 0 Å². The van der Waals surface area contributed by atoms with E-state index in [9.17, 15) is 0 Å². The van der Waals surface area contributed by atoms with Crippen LogP contribution in [0.15, 0.2) is 0 Å². The van der Waals surface area contributed by atoms with Crippen LogP contribution in [0.4, 0.5) is 0 Å². The van der Waals surface area contributed by atoms with Gasteiger partial charge in [-0.3, -0.25) is 0 Å². The van der Waals surface area contributed by atoms with Gasteiger partial charge in [0, 0.05) is 11.1 Å². The van der Waals surface area contributed by atoms with E-state index in [4.69, 9.17) is 5.73 Å². The van der Waals surface area contributed by atoms with Gasteiger partial charge in [-0.2, -0.15) is 0 Å². The molecule has 11 heavy (non-hydrogen) atoms. The number of nitrogens with one attached hydrogen (secondary N) is 1. The SMILES string of the molecule is CCCNC(C)(C)C(C)(C)N. The van der Waals surface area contributed by atoms with Gasteiger partial charge in [-0.15, -0.1) is 0 Å². The average Bonchev–Trinajstić information content (AvgIpc) is 1.81. The van der Waals surface area contributed by atoms with E-state index in [1.165, 1.54) is 0 Å². The minimum absolute atomic E-state index is 0.0169. The lowest BCUT2D eigenvalue weighted by Gasteiger charge is -2.39. The maximum Gasteiger partial charge on any atom is 0.0299 e. The van der Waals surface area contributed by atoms with Crippen LogP contribution in [0.3, 0.4) is 0 Å². The summed E-state index contributed by atoms with van der Waals surface area (Å²) < 4.78 is 0. The third-order valence-electron chi connectivity index (χ3n) is 2.43. The van der Waals surface area contributed by atoms with Gasteiger partial charge in [-0.1, -0.05) is 6.92 Å². The Bertz CT molecular complexity index is 111. The molecule has 2 nitrogen and oxygen atoms in total. The van der Waals surface area contributed by atoms with Gasteiger partial charge >= 0.3 is 0 Å². The summed E-state index contributed by atoms with van der Waals surface area (Å²) in [5.41, 5.74) is 5.84. The van der Waals surface area contributed by atoms with E-state index in [-0.39, 0.29) is 11.1 Å². The Labute approximate surface area is 70.5 Å². The molecule has 0 aliphatic rings. The van der Waals surface area contributed by atoms with Gasteiger partial charge in [-0.25, -0.2) is 0 Å². The Kier molecular flexibility index (Phi) is 3.52. The van der Waals surface area contributed by atoms with Crippen molar-refractivity contribution < 1.29 is 0 Å². The summed E-state index contributed by atoms with van der Waals surface area (Å²) in [6.45, 7) is 11.6. The minimum atomic E-state index is -0.165. The van der Waals surface area contributed by atoms with Gasteiger partial charge in [0.15, 0.2) is 0 Å². The van der Waals surface area contributed by atoms with Crippen LogP contribution in [0.5, 0.6) is 0 Å². The van der Waals surface area contributed by atoms with Crippen LogP contribution in [-0.2, 0) is 0 Å². The highest BCUT2D eigenvalue weighted by Crippen LogP contribution is 2.17. The molecule has 68 valence electrons. The van der Waals surface area contributed by atoms with Crippen molar-refractivity contribution in [3.8, 4) is 0 Å². The molecular formula is C9H22N2. The van der Waals surface area contributed by atoms with E-state index in [0.29, 0.717) is 0 Å². The highest BCUT2D eigenvalue weighted by molar-refractivity contribution is 4.96. The van der Waals surface area contributed by atoms with E-state index in [1.807, 2.05) is 0 Å². The second-order valence-corrected chi connectivity index (χ2v) is 4.27. The van der Waals surface area contributed by atoms with Gasteiger partial charge in [0.2, 0.25) is 0 Å². The average molecular weight is 158 g/mol. The largest absolute Gasteiger partial charge is 0.324 e. The first kappa shape index (κ1) is 10.9. The van der Waals surface area contributed by atoms with Crippen LogP contribution in [-0.4, -0.2) is 17.6 Å². The molecule has 0 radical (unpaired) electrons. The summed E-state index contributed by atoms with van der Waals surface area (Å²) in [6.07, 6.45) is 1.15. The lowest BCUT2D eigenvalue weighted by Crippen LogP contribution is -2.61. The molecule has 0 fully saturated rings. The fourth-order valence-corrected chi connectivity index (χ4v) is 0.665. The van der Waals surface area contributed by atoms with E-state index in [0.717, 1.165) is 13.0 Å². The molecule has 2 heteroatoms. The van der Waals surface area contributed by atoms with Crippen LogP contribution in [0, 0.1) is 0 Å². The topological polar surface area (TPSA) is 38.0 Å². The third-order valence-corrected chi connectivity index (χ3v) is 2.43. The van der Waals surface area contributed by atoms with Crippen molar-refractivity contribution in [2.75, 3.05) is 6.54 Å². The van der Waals surface area contributed by atoms with Crippen molar-refractivity contribution in [3.05, 3.63) is 0 Å². The molecule has 0 aromatic heterocycles. The zero-order chi connectivity index (χ0) is 9.12. The number of hydrogen-bond acceptors (Lipinski definition) is 2. The molecule has 0 aromatic carbocycles. The maximum absolute atomic E-state index is 5.99. The quantitative estimate of drug-likeness (QED) is 0.650. The summed E-state index contributed by atoms with van der Waals surface area (Å²) in [5.74, 6) is 0. The van der Waals surface area contributed by atoms with Crippen molar-refractivity contribution in [3.63, 3.8) is 0 Å². The Morgan fingerprint density at radius 3 is 1.91 bits per heavy atom. The second-order valence-electron chi connectivity index (χ2n) is 4.27. The molecule has 0 spiro atoms. The maximum atomic E-state index is 5.99. The second kappa shape index (κ2) is 3.55. The van der Waals surface area contributed by atoms with Gasteiger partial charge in [0.25, 0.3) is 0 Å². The van der Waals surface area contributed by atoms with E-state index >= 15 is 0 Å². The van der Waals surface area contributed by atoms with Crippen molar-refractivity contribution in [1.82, 2.24) is 5.32 Å².